The van der Waals surface area contributed by atoms with Crippen LogP contribution in [-0.4, -0.2) is 21.9 Å². The largest absolute Gasteiger partial charge is 0.480 e. The van der Waals surface area contributed by atoms with E-state index in [1.54, 1.807) is 13.8 Å². The second-order valence-corrected chi connectivity index (χ2v) is 3.62. The summed E-state index contributed by atoms with van der Waals surface area (Å²) in [5.41, 5.74) is 5.22. The molecule has 0 aliphatic carbocycles. The van der Waals surface area contributed by atoms with Crippen molar-refractivity contribution in [3.63, 3.8) is 0 Å². The average molecular weight is 163 g/mol. The molecule has 0 spiro atoms. The first kappa shape index (κ1) is 12.4. The van der Waals surface area contributed by atoms with Crippen LogP contribution in [0.15, 0.2) is 0 Å². The number of hydrogen-bond donors (Lipinski definition) is 3. The highest BCUT2D eigenvalue weighted by molar-refractivity contribution is 7.81. The predicted octanol–water partition coefficient (Wildman–Crippen LogP) is -0.374. The molecule has 3 N–H and O–H groups in total. The number of hydrogen-bond acceptors (Lipinski definition) is 3. The van der Waals surface area contributed by atoms with Crippen molar-refractivity contribution in [2.24, 2.45) is 5.73 Å². The van der Waals surface area contributed by atoms with Gasteiger partial charge in [0.15, 0.2) is 0 Å². The van der Waals surface area contributed by atoms with Gasteiger partial charge in [-0.25, -0.2) is 0 Å². The zero-order valence-corrected chi connectivity index (χ0v) is 6.80. The molecule has 0 aromatic rings. The van der Waals surface area contributed by atoms with Crippen molar-refractivity contribution < 1.29 is 9.90 Å². The zero-order valence-electron chi connectivity index (χ0n) is 5.90. The maximum atomic E-state index is 10.2. The Bertz CT molecular complexity index is 121. The summed E-state index contributed by atoms with van der Waals surface area (Å²) in [5, 5.41) is 8.34. The van der Waals surface area contributed by atoms with Crippen LogP contribution in [0.2, 0.25) is 0 Å². The minimum atomic E-state index is -1.02. The Morgan fingerprint density at radius 2 is 2.00 bits per heavy atom. The first-order chi connectivity index (χ1) is 3.85. The number of nitrogens with zero attached hydrogens (tertiary/aromatic N) is 1. The van der Waals surface area contributed by atoms with Gasteiger partial charge in [-0.2, -0.15) is 12.6 Å². The molecule has 0 saturated carbocycles. The number of carbonyl (C=O) groups is 1. The fourth-order valence-corrected chi connectivity index (χ4v) is 0.413. The SMILES string of the molecule is CC(C)(S)[C@H](N)C(=O)O.[N]. The first-order valence-corrected chi connectivity index (χ1v) is 3.01. The molecule has 0 aromatic heterocycles. The van der Waals surface area contributed by atoms with Gasteiger partial charge >= 0.3 is 5.97 Å². The molecule has 3 radical (unpaired) electrons. The summed E-state index contributed by atoms with van der Waals surface area (Å²) in [5.74, 6) is -1.02. The fraction of sp³-hybridized carbons (Fsp3) is 0.800. The highest BCUT2D eigenvalue weighted by Gasteiger charge is 2.27. The van der Waals surface area contributed by atoms with Crippen molar-refractivity contribution in [3.8, 4) is 0 Å². The lowest BCUT2D eigenvalue weighted by Gasteiger charge is -2.21. The van der Waals surface area contributed by atoms with Crippen LogP contribution in [-0.2, 0) is 4.79 Å². The quantitative estimate of drug-likeness (QED) is 0.484. The number of thiol groups is 1. The lowest BCUT2D eigenvalue weighted by molar-refractivity contribution is -0.139. The molecular formula is C5H11N2O2S. The van der Waals surface area contributed by atoms with E-state index in [1.165, 1.54) is 0 Å². The van der Waals surface area contributed by atoms with Gasteiger partial charge in [0.1, 0.15) is 6.04 Å². The molecule has 0 aliphatic rings. The third-order valence-corrected chi connectivity index (χ3v) is 1.31. The second-order valence-electron chi connectivity index (χ2n) is 2.47. The molecular weight excluding hydrogens is 152 g/mol. The molecule has 10 heavy (non-hydrogen) atoms. The maximum absolute atomic E-state index is 10.2. The normalized spacial score (nSPS) is 13.6. The van der Waals surface area contributed by atoms with Crippen molar-refractivity contribution in [1.82, 2.24) is 6.15 Å². The third kappa shape index (κ3) is 3.71. The first-order valence-electron chi connectivity index (χ1n) is 2.56. The van der Waals surface area contributed by atoms with E-state index in [-0.39, 0.29) is 6.15 Å². The monoisotopic (exact) mass is 163 g/mol. The Hall–Kier alpha value is -0.260. The Balaban J connectivity index is 0. The van der Waals surface area contributed by atoms with Crippen LogP contribution >= 0.6 is 12.6 Å². The molecule has 0 saturated heterocycles. The van der Waals surface area contributed by atoms with E-state index < -0.39 is 16.8 Å². The van der Waals surface area contributed by atoms with Crippen molar-refractivity contribution in [2.45, 2.75) is 24.6 Å². The van der Waals surface area contributed by atoms with Crippen LogP contribution in [0.5, 0.6) is 0 Å². The predicted molar refractivity (Wildman–Crippen MR) is 40.8 cm³/mol. The number of carboxylic acid groups (broad SMARTS) is 1. The summed E-state index contributed by atoms with van der Waals surface area (Å²) in [4.78, 5) is 10.2. The van der Waals surface area contributed by atoms with E-state index in [2.05, 4.69) is 12.6 Å². The average Bonchev–Trinajstić information content (AvgIpc) is 1.62. The van der Waals surface area contributed by atoms with Gasteiger partial charge in [-0.05, 0) is 13.8 Å². The zero-order chi connectivity index (χ0) is 7.65. The molecule has 0 heterocycles. The highest BCUT2D eigenvalue weighted by atomic mass is 32.1. The van der Waals surface area contributed by atoms with Crippen molar-refractivity contribution in [1.29, 1.82) is 0 Å². The molecule has 0 bridgehead atoms. The van der Waals surface area contributed by atoms with Crippen LogP contribution in [0.1, 0.15) is 13.8 Å². The fourth-order valence-electron chi connectivity index (χ4n) is 0.302. The summed E-state index contributed by atoms with van der Waals surface area (Å²) in [6.07, 6.45) is 0. The van der Waals surface area contributed by atoms with Crippen LogP contribution in [0.25, 0.3) is 0 Å². The van der Waals surface area contributed by atoms with Gasteiger partial charge in [-0.3, -0.25) is 4.79 Å². The van der Waals surface area contributed by atoms with Crippen LogP contribution in [0, 0.1) is 0 Å². The van der Waals surface area contributed by atoms with Gasteiger partial charge < -0.3 is 10.8 Å². The Labute approximate surface area is 65.8 Å². The van der Waals surface area contributed by atoms with Crippen molar-refractivity contribution in [2.75, 3.05) is 0 Å². The summed E-state index contributed by atoms with van der Waals surface area (Å²) in [6, 6.07) is -0.902. The number of rotatable bonds is 2. The van der Waals surface area contributed by atoms with Gasteiger partial charge in [0.2, 0.25) is 0 Å². The van der Waals surface area contributed by atoms with E-state index >= 15 is 0 Å². The molecule has 0 fully saturated rings. The third-order valence-electron chi connectivity index (χ3n) is 1.03. The topological polar surface area (TPSA) is 93.8 Å². The maximum Gasteiger partial charge on any atom is 0.321 e. The van der Waals surface area contributed by atoms with Crippen LogP contribution in [0.3, 0.4) is 0 Å². The van der Waals surface area contributed by atoms with Gasteiger partial charge in [0.25, 0.3) is 0 Å². The number of carboxylic acids is 1. The summed E-state index contributed by atoms with van der Waals surface area (Å²) in [6.45, 7) is 3.32. The van der Waals surface area contributed by atoms with Gasteiger partial charge in [0.05, 0.1) is 0 Å². The molecule has 0 amide bonds. The second kappa shape index (κ2) is 3.80. The molecule has 0 aromatic carbocycles. The lowest BCUT2D eigenvalue weighted by Crippen LogP contribution is -2.45. The van der Waals surface area contributed by atoms with Gasteiger partial charge in [-0.1, -0.05) is 0 Å². The molecule has 0 aliphatic heterocycles. The Kier molecular flexibility index (Phi) is 4.72. The minimum Gasteiger partial charge on any atom is -0.480 e. The smallest absolute Gasteiger partial charge is 0.321 e. The molecule has 1 atom stereocenters. The van der Waals surface area contributed by atoms with Gasteiger partial charge in [0, 0.05) is 10.9 Å². The molecule has 4 nitrogen and oxygen atoms in total. The number of nitrogens with two attached hydrogens (primary N) is 1. The Morgan fingerprint density at radius 1 is 1.70 bits per heavy atom. The van der Waals surface area contributed by atoms with E-state index in [9.17, 15) is 4.79 Å². The molecule has 5 heteroatoms. The van der Waals surface area contributed by atoms with Crippen molar-refractivity contribution >= 4 is 18.6 Å². The van der Waals surface area contributed by atoms with E-state index in [1.807, 2.05) is 0 Å². The van der Waals surface area contributed by atoms with Crippen LogP contribution < -0.4 is 11.9 Å². The summed E-state index contributed by atoms with van der Waals surface area (Å²) in [7, 11) is 0. The molecule has 59 valence electrons. The number of aliphatic carboxylic acids is 1. The van der Waals surface area contributed by atoms with E-state index in [0.717, 1.165) is 0 Å². The highest BCUT2D eigenvalue weighted by Crippen LogP contribution is 2.15. The van der Waals surface area contributed by atoms with Crippen LogP contribution in [0.4, 0.5) is 0 Å². The van der Waals surface area contributed by atoms with Crippen molar-refractivity contribution in [3.05, 3.63) is 0 Å². The van der Waals surface area contributed by atoms with E-state index in [4.69, 9.17) is 10.8 Å². The summed E-state index contributed by atoms with van der Waals surface area (Å²) >= 11 is 3.98. The molecule has 0 unspecified atom stereocenters. The lowest BCUT2D eigenvalue weighted by atomic mass is 10.1. The Morgan fingerprint density at radius 3 is 2.00 bits per heavy atom. The molecule has 0 rings (SSSR count). The summed E-state index contributed by atoms with van der Waals surface area (Å²) < 4.78 is -0.647. The minimum absolute atomic E-state index is 0. The van der Waals surface area contributed by atoms with Gasteiger partial charge in [-0.15, -0.1) is 0 Å². The standard InChI is InChI=1S/C5H11NO2S.N/c1-5(2,9)3(6)4(7)8;/h3,9H,6H2,1-2H3,(H,7,8);/t3-;/m1./s1. The van der Waals surface area contributed by atoms with E-state index in [0.29, 0.717) is 0 Å².